The highest BCUT2D eigenvalue weighted by molar-refractivity contribution is 5.43. The van der Waals surface area contributed by atoms with Crippen molar-refractivity contribution in [3.8, 4) is 5.75 Å². The van der Waals surface area contributed by atoms with Gasteiger partial charge in [-0.05, 0) is 43.7 Å². The highest BCUT2D eigenvalue weighted by Gasteiger charge is 2.26. The molecule has 1 aromatic rings. The Morgan fingerprint density at radius 2 is 2.11 bits per heavy atom. The van der Waals surface area contributed by atoms with Crippen molar-refractivity contribution in [1.29, 1.82) is 0 Å². The van der Waals surface area contributed by atoms with Crippen molar-refractivity contribution < 1.29 is 9.47 Å². The normalized spacial score (nSPS) is 22.3. The summed E-state index contributed by atoms with van der Waals surface area (Å²) in [6.45, 7) is 6.73. The molecule has 2 rings (SSSR count). The Kier molecular flexibility index (Phi) is 4.45. The molecule has 4 heteroatoms. The van der Waals surface area contributed by atoms with Gasteiger partial charge in [-0.15, -0.1) is 0 Å². The van der Waals surface area contributed by atoms with E-state index in [1.54, 1.807) is 7.11 Å². The summed E-state index contributed by atoms with van der Waals surface area (Å²) < 4.78 is 11.2. The van der Waals surface area contributed by atoms with Crippen LogP contribution in [0.15, 0.2) is 12.1 Å². The van der Waals surface area contributed by atoms with Crippen molar-refractivity contribution in [2.24, 2.45) is 5.73 Å². The molecular formula is C15H24N2O2. The number of likely N-dealkylation sites (N-methyl/N-ethyl adjacent to an activating group) is 1. The summed E-state index contributed by atoms with van der Waals surface area (Å²) >= 11 is 0. The molecule has 0 aliphatic carbocycles. The predicted molar refractivity (Wildman–Crippen MR) is 76.6 cm³/mol. The molecule has 4 nitrogen and oxygen atoms in total. The van der Waals surface area contributed by atoms with Crippen LogP contribution in [0.25, 0.3) is 0 Å². The minimum atomic E-state index is -0.0904. The summed E-state index contributed by atoms with van der Waals surface area (Å²) in [5.74, 6) is 0.912. The third-order valence-corrected chi connectivity index (χ3v) is 3.84. The Hall–Kier alpha value is -1.10. The average Bonchev–Trinajstić information content (AvgIpc) is 2.40. The largest absolute Gasteiger partial charge is 0.496 e. The van der Waals surface area contributed by atoms with Gasteiger partial charge in [0.15, 0.2) is 0 Å². The van der Waals surface area contributed by atoms with E-state index in [0.717, 1.165) is 42.1 Å². The number of nitrogens with zero attached hydrogens (tertiary/aromatic N) is 1. The second kappa shape index (κ2) is 5.90. The van der Waals surface area contributed by atoms with Crippen LogP contribution in [0.1, 0.15) is 22.7 Å². The summed E-state index contributed by atoms with van der Waals surface area (Å²) in [6.07, 6.45) is 0.0604. The molecule has 1 heterocycles. The van der Waals surface area contributed by atoms with Gasteiger partial charge in [0, 0.05) is 13.1 Å². The number of aryl methyl sites for hydroxylation is 2. The molecule has 1 fully saturated rings. The smallest absolute Gasteiger partial charge is 0.122 e. The number of rotatable bonds is 3. The molecular weight excluding hydrogens is 240 g/mol. The third kappa shape index (κ3) is 3.08. The van der Waals surface area contributed by atoms with Gasteiger partial charge in [-0.25, -0.2) is 0 Å². The van der Waals surface area contributed by atoms with Gasteiger partial charge >= 0.3 is 0 Å². The number of ether oxygens (including phenoxy) is 2. The lowest BCUT2D eigenvalue weighted by molar-refractivity contribution is -0.0327. The molecule has 0 aromatic heterocycles. The van der Waals surface area contributed by atoms with Crippen LogP contribution >= 0.6 is 0 Å². The zero-order chi connectivity index (χ0) is 14.0. The maximum absolute atomic E-state index is 6.40. The van der Waals surface area contributed by atoms with Gasteiger partial charge in [-0.1, -0.05) is 6.07 Å². The van der Waals surface area contributed by atoms with Crippen LogP contribution in [0.3, 0.4) is 0 Å². The van der Waals surface area contributed by atoms with Crippen LogP contribution in [0.2, 0.25) is 0 Å². The molecule has 0 bridgehead atoms. The van der Waals surface area contributed by atoms with Gasteiger partial charge in [-0.2, -0.15) is 0 Å². The first-order valence-electron chi connectivity index (χ1n) is 6.73. The molecule has 1 saturated heterocycles. The fraction of sp³-hybridized carbons (Fsp3) is 0.600. The van der Waals surface area contributed by atoms with Gasteiger partial charge in [-0.3, -0.25) is 0 Å². The molecule has 0 spiro atoms. The predicted octanol–water partition coefficient (Wildman–Crippen LogP) is 1.64. The van der Waals surface area contributed by atoms with E-state index >= 15 is 0 Å². The van der Waals surface area contributed by atoms with E-state index in [1.165, 1.54) is 0 Å². The Morgan fingerprint density at radius 3 is 2.74 bits per heavy atom. The Morgan fingerprint density at radius 1 is 1.37 bits per heavy atom. The third-order valence-electron chi connectivity index (χ3n) is 3.84. The molecule has 0 radical (unpaired) electrons. The van der Waals surface area contributed by atoms with E-state index < -0.39 is 0 Å². The van der Waals surface area contributed by atoms with Crippen molar-refractivity contribution in [3.05, 3.63) is 28.8 Å². The van der Waals surface area contributed by atoms with Crippen LogP contribution in [0.4, 0.5) is 0 Å². The first-order valence-corrected chi connectivity index (χ1v) is 6.73. The first kappa shape index (κ1) is 14.3. The summed E-state index contributed by atoms with van der Waals surface area (Å²) in [5, 5.41) is 0. The van der Waals surface area contributed by atoms with Crippen molar-refractivity contribution in [3.63, 3.8) is 0 Å². The van der Waals surface area contributed by atoms with Crippen LogP contribution in [0.5, 0.6) is 5.75 Å². The standard InChI is InChI=1S/C15H24N2O2/c1-10-8-13(18-4)11(2)7-12(10)15(16)14-9-17(3)5-6-19-14/h7-8,14-15H,5-6,9,16H2,1-4H3. The monoisotopic (exact) mass is 264 g/mol. The van der Waals surface area contributed by atoms with E-state index in [2.05, 4.69) is 31.0 Å². The number of methoxy groups -OCH3 is 1. The molecule has 1 aromatic carbocycles. The Labute approximate surface area is 115 Å². The zero-order valence-corrected chi connectivity index (χ0v) is 12.3. The van der Waals surface area contributed by atoms with E-state index in [-0.39, 0.29) is 12.1 Å². The fourth-order valence-corrected chi connectivity index (χ4v) is 2.62. The van der Waals surface area contributed by atoms with Gasteiger partial charge in [0.2, 0.25) is 0 Å². The molecule has 106 valence electrons. The SMILES string of the molecule is COc1cc(C)c(C(N)C2CN(C)CCO2)cc1C. The summed E-state index contributed by atoms with van der Waals surface area (Å²) in [6, 6.07) is 4.08. The summed E-state index contributed by atoms with van der Waals surface area (Å²) in [7, 11) is 3.80. The topological polar surface area (TPSA) is 47.7 Å². The van der Waals surface area contributed by atoms with Gasteiger partial charge < -0.3 is 20.1 Å². The minimum absolute atomic E-state index is 0.0604. The fourth-order valence-electron chi connectivity index (χ4n) is 2.62. The average molecular weight is 264 g/mol. The maximum Gasteiger partial charge on any atom is 0.122 e. The second-order valence-corrected chi connectivity index (χ2v) is 5.38. The molecule has 1 aliphatic heterocycles. The highest BCUT2D eigenvalue weighted by atomic mass is 16.5. The number of morpholine rings is 1. The van der Waals surface area contributed by atoms with Crippen LogP contribution in [-0.4, -0.2) is 44.9 Å². The quantitative estimate of drug-likeness (QED) is 0.901. The molecule has 2 unspecified atom stereocenters. The lowest BCUT2D eigenvalue weighted by Crippen LogP contribution is -2.45. The highest BCUT2D eigenvalue weighted by Crippen LogP contribution is 2.28. The van der Waals surface area contributed by atoms with Crippen LogP contribution < -0.4 is 10.5 Å². The maximum atomic E-state index is 6.40. The minimum Gasteiger partial charge on any atom is -0.496 e. The van der Waals surface area contributed by atoms with Crippen molar-refractivity contribution in [1.82, 2.24) is 4.90 Å². The molecule has 2 atom stereocenters. The molecule has 0 amide bonds. The van der Waals surface area contributed by atoms with Crippen molar-refractivity contribution in [2.75, 3.05) is 33.9 Å². The zero-order valence-electron chi connectivity index (χ0n) is 12.3. The molecule has 1 aliphatic rings. The Bertz CT molecular complexity index is 448. The Balaban J connectivity index is 2.23. The van der Waals surface area contributed by atoms with E-state index in [0.29, 0.717) is 0 Å². The van der Waals surface area contributed by atoms with Crippen LogP contribution in [0, 0.1) is 13.8 Å². The van der Waals surface area contributed by atoms with E-state index in [9.17, 15) is 0 Å². The van der Waals surface area contributed by atoms with Gasteiger partial charge in [0.05, 0.1) is 25.9 Å². The number of hydrogen-bond donors (Lipinski definition) is 1. The van der Waals surface area contributed by atoms with Gasteiger partial charge in [0.1, 0.15) is 5.75 Å². The molecule has 0 saturated carbocycles. The van der Waals surface area contributed by atoms with Crippen LogP contribution in [-0.2, 0) is 4.74 Å². The van der Waals surface area contributed by atoms with E-state index in [1.807, 2.05) is 6.92 Å². The lowest BCUT2D eigenvalue weighted by atomic mass is 9.94. The number of benzene rings is 1. The molecule has 19 heavy (non-hydrogen) atoms. The van der Waals surface area contributed by atoms with Gasteiger partial charge in [0.25, 0.3) is 0 Å². The first-order chi connectivity index (χ1) is 9.02. The molecule has 2 N–H and O–H groups in total. The van der Waals surface area contributed by atoms with E-state index in [4.69, 9.17) is 15.2 Å². The second-order valence-electron chi connectivity index (χ2n) is 5.38. The summed E-state index contributed by atoms with van der Waals surface area (Å²) in [5.41, 5.74) is 9.82. The van der Waals surface area contributed by atoms with Crippen molar-refractivity contribution >= 4 is 0 Å². The number of nitrogens with two attached hydrogens (primary N) is 1. The van der Waals surface area contributed by atoms with Crippen molar-refractivity contribution in [2.45, 2.75) is 26.0 Å². The lowest BCUT2D eigenvalue weighted by Gasteiger charge is -2.34. The summed E-state index contributed by atoms with van der Waals surface area (Å²) in [4.78, 5) is 2.26. The number of hydrogen-bond acceptors (Lipinski definition) is 4.